The first kappa shape index (κ1) is 14.3. The molecule has 2 rings (SSSR count). The molecule has 106 valence electrons. The lowest BCUT2D eigenvalue weighted by atomic mass is 10.1. The zero-order valence-electron chi connectivity index (χ0n) is 11.0. The number of esters is 1. The van der Waals surface area contributed by atoms with Crippen LogP contribution in [0, 0.1) is 5.82 Å². The Morgan fingerprint density at radius 1 is 1.45 bits per heavy atom. The number of nitrogens with one attached hydrogen (secondary N) is 1. The second-order valence-corrected chi connectivity index (χ2v) is 4.95. The third kappa shape index (κ3) is 2.88. The van der Waals surface area contributed by atoms with Gasteiger partial charge in [-0.2, -0.15) is 4.37 Å². The van der Waals surface area contributed by atoms with Crippen molar-refractivity contribution < 1.29 is 13.9 Å². The Bertz CT molecular complexity index is 613. The Balaban J connectivity index is 2.22. The molecule has 0 aliphatic rings. The van der Waals surface area contributed by atoms with Crippen molar-refractivity contribution in [1.29, 1.82) is 0 Å². The molecule has 3 N–H and O–H groups in total. The molecule has 0 amide bonds. The highest BCUT2D eigenvalue weighted by Crippen LogP contribution is 2.30. The van der Waals surface area contributed by atoms with E-state index < -0.39 is 5.97 Å². The number of hydrogen-bond acceptors (Lipinski definition) is 6. The van der Waals surface area contributed by atoms with Crippen molar-refractivity contribution in [1.82, 2.24) is 4.37 Å². The van der Waals surface area contributed by atoms with Gasteiger partial charge in [0.1, 0.15) is 16.4 Å². The molecule has 0 bridgehead atoms. The van der Waals surface area contributed by atoms with Crippen LogP contribution in [-0.2, 0) is 4.74 Å². The highest BCUT2D eigenvalue weighted by molar-refractivity contribution is 7.11. The smallest absolute Gasteiger partial charge is 0.344 e. The summed E-state index contributed by atoms with van der Waals surface area (Å²) in [5.74, 6) is -0.695. The molecular formula is C13H14FN3O2S. The van der Waals surface area contributed by atoms with Gasteiger partial charge in [-0.25, -0.2) is 9.18 Å². The number of aromatic nitrogens is 1. The minimum atomic E-state index is -0.537. The molecule has 20 heavy (non-hydrogen) atoms. The van der Waals surface area contributed by atoms with Crippen LogP contribution in [0.2, 0.25) is 0 Å². The fraction of sp³-hybridized carbons (Fsp3) is 0.231. The van der Waals surface area contributed by atoms with E-state index in [-0.39, 0.29) is 23.2 Å². The number of halogens is 1. The SMILES string of the molecule is COC(=O)c1c(N)nsc1NC(C)c1ccc(F)cc1. The number of methoxy groups -OCH3 is 1. The van der Waals surface area contributed by atoms with Crippen LogP contribution in [-0.4, -0.2) is 17.5 Å². The summed E-state index contributed by atoms with van der Waals surface area (Å²) in [6, 6.07) is 5.99. The number of benzene rings is 1. The van der Waals surface area contributed by atoms with Crippen LogP contribution >= 0.6 is 11.5 Å². The van der Waals surface area contributed by atoms with Crippen LogP contribution in [0.5, 0.6) is 0 Å². The maximum atomic E-state index is 12.9. The standard InChI is InChI=1S/C13H14FN3O2S/c1-7(8-3-5-9(14)6-4-8)16-12-10(13(18)19-2)11(15)17-20-12/h3-7,16H,1-2H3,(H2,15,17). The molecule has 0 spiro atoms. The van der Waals surface area contributed by atoms with E-state index in [9.17, 15) is 9.18 Å². The molecule has 1 atom stereocenters. The molecule has 0 saturated heterocycles. The Kier molecular flexibility index (Phi) is 4.19. The molecule has 1 aromatic heterocycles. The van der Waals surface area contributed by atoms with Crippen molar-refractivity contribution >= 4 is 28.3 Å². The van der Waals surface area contributed by atoms with Gasteiger partial charge < -0.3 is 15.8 Å². The molecule has 0 aliphatic heterocycles. The Hall–Kier alpha value is -2.15. The summed E-state index contributed by atoms with van der Waals surface area (Å²) in [5.41, 5.74) is 6.77. The van der Waals surface area contributed by atoms with Crippen molar-refractivity contribution in [2.75, 3.05) is 18.2 Å². The fourth-order valence-electron chi connectivity index (χ4n) is 1.73. The van der Waals surface area contributed by atoms with Crippen molar-refractivity contribution in [3.63, 3.8) is 0 Å². The molecule has 7 heteroatoms. The van der Waals surface area contributed by atoms with Crippen molar-refractivity contribution in [2.24, 2.45) is 0 Å². The van der Waals surface area contributed by atoms with Gasteiger partial charge in [-0.05, 0) is 36.2 Å². The van der Waals surface area contributed by atoms with Crippen LogP contribution in [0.25, 0.3) is 0 Å². The van der Waals surface area contributed by atoms with Crippen LogP contribution in [0.3, 0.4) is 0 Å². The lowest BCUT2D eigenvalue weighted by molar-refractivity contribution is 0.0603. The van der Waals surface area contributed by atoms with Crippen LogP contribution in [0.4, 0.5) is 15.2 Å². The van der Waals surface area contributed by atoms with Gasteiger partial charge in [-0.3, -0.25) is 0 Å². The van der Waals surface area contributed by atoms with Gasteiger partial charge in [0.05, 0.1) is 7.11 Å². The average molecular weight is 295 g/mol. The van der Waals surface area contributed by atoms with E-state index in [1.807, 2.05) is 6.92 Å². The third-order valence-corrected chi connectivity index (χ3v) is 3.62. The van der Waals surface area contributed by atoms with Gasteiger partial charge in [0, 0.05) is 6.04 Å². The summed E-state index contributed by atoms with van der Waals surface area (Å²) < 4.78 is 21.5. The summed E-state index contributed by atoms with van der Waals surface area (Å²) in [7, 11) is 1.28. The molecule has 0 saturated carbocycles. The van der Waals surface area contributed by atoms with E-state index in [2.05, 4.69) is 14.4 Å². The largest absolute Gasteiger partial charge is 0.465 e. The van der Waals surface area contributed by atoms with Gasteiger partial charge in [0.15, 0.2) is 5.82 Å². The van der Waals surface area contributed by atoms with Gasteiger partial charge in [0.2, 0.25) is 0 Å². The highest BCUT2D eigenvalue weighted by atomic mass is 32.1. The number of carbonyl (C=O) groups is 1. The summed E-state index contributed by atoms with van der Waals surface area (Å²) in [4.78, 5) is 11.7. The lowest BCUT2D eigenvalue weighted by Gasteiger charge is -2.14. The van der Waals surface area contributed by atoms with Gasteiger partial charge in [-0.1, -0.05) is 12.1 Å². The number of nitrogens with zero attached hydrogens (tertiary/aromatic N) is 1. The minimum absolute atomic E-state index is 0.126. The number of rotatable bonds is 4. The summed E-state index contributed by atoms with van der Waals surface area (Å²) in [5, 5.41) is 3.67. The van der Waals surface area contributed by atoms with E-state index in [1.165, 1.54) is 19.2 Å². The molecule has 2 aromatic rings. The molecule has 1 unspecified atom stereocenters. The first-order valence-electron chi connectivity index (χ1n) is 5.88. The number of anilines is 2. The number of nitrogens with two attached hydrogens (primary N) is 1. The molecule has 0 fully saturated rings. The number of ether oxygens (including phenoxy) is 1. The maximum Gasteiger partial charge on any atom is 0.344 e. The van der Waals surface area contributed by atoms with Crippen LogP contribution < -0.4 is 11.1 Å². The number of nitrogen functional groups attached to an aromatic ring is 1. The van der Waals surface area contributed by atoms with E-state index in [1.54, 1.807) is 12.1 Å². The molecular weight excluding hydrogens is 281 g/mol. The summed E-state index contributed by atoms with van der Waals surface area (Å²) >= 11 is 1.08. The third-order valence-electron chi connectivity index (χ3n) is 2.83. The molecule has 1 heterocycles. The second-order valence-electron chi connectivity index (χ2n) is 4.18. The summed E-state index contributed by atoms with van der Waals surface area (Å²) in [6.07, 6.45) is 0. The Morgan fingerprint density at radius 3 is 2.70 bits per heavy atom. The van der Waals surface area contributed by atoms with Crippen molar-refractivity contribution in [3.05, 3.63) is 41.2 Å². The zero-order chi connectivity index (χ0) is 14.7. The quantitative estimate of drug-likeness (QED) is 0.848. The van der Waals surface area contributed by atoms with E-state index in [0.29, 0.717) is 5.00 Å². The predicted octanol–water partition coefficient (Wildman–Crippen LogP) is 2.82. The monoisotopic (exact) mass is 295 g/mol. The highest BCUT2D eigenvalue weighted by Gasteiger charge is 2.21. The topological polar surface area (TPSA) is 77.2 Å². The minimum Gasteiger partial charge on any atom is -0.465 e. The Labute approximate surface area is 119 Å². The zero-order valence-corrected chi connectivity index (χ0v) is 11.8. The fourth-order valence-corrected chi connectivity index (χ4v) is 2.52. The predicted molar refractivity (Wildman–Crippen MR) is 76.3 cm³/mol. The summed E-state index contributed by atoms with van der Waals surface area (Å²) in [6.45, 7) is 1.89. The molecule has 1 aromatic carbocycles. The number of carbonyl (C=O) groups excluding carboxylic acids is 1. The normalized spacial score (nSPS) is 11.9. The van der Waals surface area contributed by atoms with Gasteiger partial charge in [-0.15, -0.1) is 0 Å². The molecule has 5 nitrogen and oxygen atoms in total. The maximum absolute atomic E-state index is 12.9. The van der Waals surface area contributed by atoms with Crippen molar-refractivity contribution in [3.8, 4) is 0 Å². The van der Waals surface area contributed by atoms with E-state index >= 15 is 0 Å². The lowest BCUT2D eigenvalue weighted by Crippen LogP contribution is -2.11. The van der Waals surface area contributed by atoms with Crippen molar-refractivity contribution in [2.45, 2.75) is 13.0 Å². The van der Waals surface area contributed by atoms with Crippen LogP contribution in [0.1, 0.15) is 28.9 Å². The van der Waals surface area contributed by atoms with Gasteiger partial charge in [0.25, 0.3) is 0 Å². The first-order chi connectivity index (χ1) is 9.52. The Morgan fingerprint density at radius 2 is 2.10 bits per heavy atom. The number of hydrogen-bond donors (Lipinski definition) is 2. The van der Waals surface area contributed by atoms with Crippen LogP contribution in [0.15, 0.2) is 24.3 Å². The second kappa shape index (κ2) is 5.87. The van der Waals surface area contributed by atoms with Gasteiger partial charge >= 0.3 is 5.97 Å². The molecule has 0 aliphatic carbocycles. The van der Waals surface area contributed by atoms with E-state index in [0.717, 1.165) is 17.1 Å². The first-order valence-corrected chi connectivity index (χ1v) is 6.65. The van der Waals surface area contributed by atoms with E-state index in [4.69, 9.17) is 5.73 Å². The average Bonchev–Trinajstić information content (AvgIpc) is 2.79. The molecule has 0 radical (unpaired) electrons.